The van der Waals surface area contributed by atoms with E-state index in [-0.39, 0.29) is 24.7 Å². The summed E-state index contributed by atoms with van der Waals surface area (Å²) < 4.78 is 26.0. The number of amides is 3. The zero-order chi connectivity index (χ0) is 61.9. The van der Waals surface area contributed by atoms with Gasteiger partial charge in [0.25, 0.3) is 0 Å². The number of likely N-dealkylation sites (tertiary alicyclic amines) is 1. The van der Waals surface area contributed by atoms with E-state index in [1.54, 1.807) is 35.0 Å². The Labute approximate surface area is 512 Å². The number of fused-ring (bicyclic) bond motifs is 4. The standard InChI is InChI=1S/C35H44N4O4.C19H23NO4.C16H23N3O/c1-35(2,3)43-34(41)36-29(22-25-16-17-26-11-5-6-12-27(26)21-25)23-32(40)38-18-9-13-28(24-38)33-37-30-14-7-8-15-31(30)39(33)19-10-20-42-4;1-19(2,3)24-18(23)20-16(12-17(21)22)11-13-8-9-14-6-4-5-7-15(14)10-13;1-20-11-5-10-19-15-8-3-2-7-14(15)18-16(19)13-6-4-9-17-12-13/h5-8,11-12,14-17,21,28-29H,9-10,13,18-20,22-24H2,1-4H3,(H,36,41);4-10,16H,11-12H2,1-3H3,(H,20,23)(H,21,22);2-3,7-8,13,17H,4-6,9-12H2,1H3/t28-,29-;16-;13-/m111/s1. The van der Waals surface area contributed by atoms with Crippen molar-refractivity contribution in [2.24, 2.45) is 0 Å². The number of carbonyl (C=O) groups is 4. The van der Waals surface area contributed by atoms with Crippen molar-refractivity contribution < 1.29 is 43.2 Å². The zero-order valence-electron chi connectivity index (χ0n) is 52.2. The first-order valence-electron chi connectivity index (χ1n) is 30.9. The van der Waals surface area contributed by atoms with E-state index < -0.39 is 41.4 Å². The largest absolute Gasteiger partial charge is 0.481 e. The Hall–Kier alpha value is -7.86. The predicted molar refractivity (Wildman–Crippen MR) is 344 cm³/mol. The first-order chi connectivity index (χ1) is 41.8. The lowest BCUT2D eigenvalue weighted by Crippen LogP contribution is -2.46. The van der Waals surface area contributed by atoms with Crippen molar-refractivity contribution in [2.45, 2.75) is 154 Å². The van der Waals surface area contributed by atoms with Gasteiger partial charge in [-0.25, -0.2) is 19.6 Å². The number of carbonyl (C=O) groups excluding carboxylic acids is 3. The summed E-state index contributed by atoms with van der Waals surface area (Å²) in [5, 5.41) is 22.7. The number of aryl methyl sites for hydroxylation is 2. The van der Waals surface area contributed by atoms with Gasteiger partial charge in [0.15, 0.2) is 0 Å². The van der Waals surface area contributed by atoms with Crippen LogP contribution in [-0.2, 0) is 54.5 Å². The van der Waals surface area contributed by atoms with Crippen molar-refractivity contribution in [1.82, 2.24) is 40.0 Å². The predicted octanol–water partition coefficient (Wildman–Crippen LogP) is 12.7. The third-order valence-corrected chi connectivity index (χ3v) is 15.5. The Morgan fingerprint density at radius 1 is 0.598 bits per heavy atom. The highest BCUT2D eigenvalue weighted by Gasteiger charge is 2.31. The van der Waals surface area contributed by atoms with Crippen molar-refractivity contribution >= 4 is 67.7 Å². The van der Waals surface area contributed by atoms with Crippen LogP contribution in [0.2, 0.25) is 0 Å². The van der Waals surface area contributed by atoms with E-state index in [9.17, 15) is 19.2 Å². The zero-order valence-corrected chi connectivity index (χ0v) is 52.2. The van der Waals surface area contributed by atoms with E-state index >= 15 is 0 Å². The van der Waals surface area contributed by atoms with Gasteiger partial charge in [0, 0.05) is 90.5 Å². The minimum Gasteiger partial charge on any atom is -0.481 e. The van der Waals surface area contributed by atoms with Gasteiger partial charge in [-0.1, -0.05) is 109 Å². The lowest BCUT2D eigenvalue weighted by molar-refractivity contribution is -0.137. The third kappa shape index (κ3) is 19.6. The second-order valence-electron chi connectivity index (χ2n) is 24.9. The van der Waals surface area contributed by atoms with Crippen molar-refractivity contribution in [3.63, 3.8) is 0 Å². The van der Waals surface area contributed by atoms with E-state index in [2.05, 4.69) is 91.8 Å². The number of para-hydroxylation sites is 4. The summed E-state index contributed by atoms with van der Waals surface area (Å²) in [5.74, 6) is 2.04. The lowest BCUT2D eigenvalue weighted by atomic mass is 9.95. The average molecular weight is 1190 g/mol. The highest BCUT2D eigenvalue weighted by Crippen LogP contribution is 2.31. The number of aliphatic carboxylic acids is 1. The number of piperidine rings is 2. The minimum atomic E-state index is -0.961. The Kier molecular flexibility index (Phi) is 23.3. The molecule has 0 bridgehead atoms. The Balaban J connectivity index is 0.000000187. The van der Waals surface area contributed by atoms with Crippen molar-refractivity contribution in [2.75, 3.05) is 53.6 Å². The summed E-state index contributed by atoms with van der Waals surface area (Å²) in [6.45, 7) is 17.6. The van der Waals surface area contributed by atoms with Crippen LogP contribution in [0.15, 0.2) is 133 Å². The maximum atomic E-state index is 13.8. The first kappa shape index (κ1) is 65.1. The Morgan fingerprint density at radius 2 is 1.06 bits per heavy atom. The maximum absolute atomic E-state index is 13.8. The lowest BCUT2D eigenvalue weighted by Gasteiger charge is -2.34. The fraction of sp³-hybridized carbons (Fsp3) is 0.457. The highest BCUT2D eigenvalue weighted by atomic mass is 16.6. The van der Waals surface area contributed by atoms with Gasteiger partial charge in [-0.2, -0.15) is 0 Å². The van der Waals surface area contributed by atoms with Crippen LogP contribution in [0, 0.1) is 0 Å². The summed E-state index contributed by atoms with van der Waals surface area (Å²) in [6, 6.07) is 44.2. The molecule has 2 aliphatic rings. The molecule has 2 aliphatic heterocycles. The number of aromatic nitrogens is 4. The molecule has 2 saturated heterocycles. The molecule has 17 heteroatoms. The molecule has 0 unspecified atom stereocenters. The molecule has 4 N–H and O–H groups in total. The van der Waals surface area contributed by atoms with E-state index in [1.165, 1.54) is 24.2 Å². The fourth-order valence-electron chi connectivity index (χ4n) is 11.7. The number of benzene rings is 6. The summed E-state index contributed by atoms with van der Waals surface area (Å²) in [6.07, 6.45) is 6.18. The van der Waals surface area contributed by atoms with E-state index in [0.29, 0.717) is 38.5 Å². The number of methoxy groups -OCH3 is 2. The molecular formula is C70H90N8O9. The summed E-state index contributed by atoms with van der Waals surface area (Å²) in [7, 11) is 3.49. The Morgan fingerprint density at radius 3 is 1.53 bits per heavy atom. The number of hydrogen-bond donors (Lipinski definition) is 4. The molecule has 2 fully saturated rings. The maximum Gasteiger partial charge on any atom is 0.407 e. The number of carboxylic acids is 1. The molecule has 8 aromatic rings. The second-order valence-corrected chi connectivity index (χ2v) is 24.9. The van der Waals surface area contributed by atoms with Gasteiger partial charge in [-0.15, -0.1) is 0 Å². The molecule has 0 spiro atoms. The molecular weight excluding hydrogens is 1100 g/mol. The van der Waals surface area contributed by atoms with E-state index in [0.717, 1.165) is 114 Å². The fourth-order valence-corrected chi connectivity index (χ4v) is 11.7. The topological polar surface area (TPSA) is 200 Å². The molecule has 2 aromatic heterocycles. The molecule has 6 aromatic carbocycles. The van der Waals surface area contributed by atoms with Crippen LogP contribution in [0.3, 0.4) is 0 Å². The van der Waals surface area contributed by atoms with Crippen molar-refractivity contribution in [3.8, 4) is 0 Å². The van der Waals surface area contributed by atoms with E-state index in [1.807, 2.05) is 92.4 Å². The van der Waals surface area contributed by atoms with Crippen LogP contribution in [-0.4, -0.2) is 130 Å². The quantitative estimate of drug-likeness (QED) is 0.0527. The van der Waals surface area contributed by atoms with Crippen LogP contribution in [0.4, 0.5) is 9.59 Å². The molecule has 87 heavy (non-hydrogen) atoms. The molecule has 4 heterocycles. The number of imidazole rings is 2. The Bertz CT molecular complexity index is 3540. The van der Waals surface area contributed by atoms with Crippen molar-refractivity contribution in [1.29, 1.82) is 0 Å². The highest BCUT2D eigenvalue weighted by molar-refractivity contribution is 5.84. The number of carboxylic acid groups (broad SMARTS) is 1. The smallest absolute Gasteiger partial charge is 0.407 e. The van der Waals surface area contributed by atoms with Crippen LogP contribution >= 0.6 is 0 Å². The first-order valence-corrected chi connectivity index (χ1v) is 30.9. The average Bonchev–Trinajstić information content (AvgIpc) is 1.79. The molecule has 0 radical (unpaired) electrons. The molecule has 4 atom stereocenters. The summed E-state index contributed by atoms with van der Waals surface area (Å²) in [5.41, 5.74) is 5.25. The summed E-state index contributed by atoms with van der Waals surface area (Å²) >= 11 is 0. The number of rotatable bonds is 20. The van der Waals surface area contributed by atoms with Crippen molar-refractivity contribution in [3.05, 3.63) is 156 Å². The normalized spacial score (nSPS) is 16.1. The second kappa shape index (κ2) is 31.2. The van der Waals surface area contributed by atoms with Gasteiger partial charge in [-0.3, -0.25) is 9.59 Å². The molecule has 0 aliphatic carbocycles. The minimum absolute atomic E-state index is 0.0357. The summed E-state index contributed by atoms with van der Waals surface area (Å²) in [4.78, 5) is 61.5. The number of ether oxygens (including phenoxy) is 4. The molecule has 3 amide bonds. The number of alkyl carbamates (subject to hydrolysis) is 2. The number of hydrogen-bond acceptors (Lipinski definition) is 11. The van der Waals surface area contributed by atoms with Crippen LogP contribution in [0.1, 0.15) is 128 Å². The van der Waals surface area contributed by atoms with Crippen LogP contribution in [0.25, 0.3) is 43.6 Å². The molecule has 10 rings (SSSR count). The third-order valence-electron chi connectivity index (χ3n) is 15.5. The van der Waals surface area contributed by atoms with Gasteiger partial charge in [0.2, 0.25) is 5.91 Å². The van der Waals surface area contributed by atoms with Gasteiger partial charge in [0.05, 0.1) is 28.5 Å². The van der Waals surface area contributed by atoms with Gasteiger partial charge < -0.3 is 54.0 Å². The monoisotopic (exact) mass is 1190 g/mol. The number of nitrogens with zero attached hydrogens (tertiary/aromatic N) is 5. The van der Waals surface area contributed by atoms with Gasteiger partial charge >= 0.3 is 18.2 Å². The van der Waals surface area contributed by atoms with Crippen LogP contribution < -0.4 is 16.0 Å². The van der Waals surface area contributed by atoms with Crippen LogP contribution in [0.5, 0.6) is 0 Å². The van der Waals surface area contributed by atoms with E-state index in [4.69, 9.17) is 34.0 Å². The number of nitrogens with one attached hydrogen (secondary N) is 3. The molecule has 17 nitrogen and oxygen atoms in total. The molecule has 464 valence electrons. The SMILES string of the molecule is CC(C)(C)OC(=O)N[C@@H](CC(=O)O)Cc1ccc2ccccc2c1.COCCCn1c([C@@H]2CCCN(C(=O)C[C@@H](Cc3ccc4ccccc4c3)NC(=O)OC(C)(C)C)C2)nc2ccccc21.COCCCn1c([C@@H]2CCCNC2)nc2ccccc21. The molecule has 0 saturated carbocycles. The van der Waals surface area contributed by atoms with Gasteiger partial charge in [-0.05, 0) is 156 Å². The van der Waals surface area contributed by atoms with Gasteiger partial charge in [0.1, 0.15) is 22.9 Å².